The van der Waals surface area contributed by atoms with Gasteiger partial charge in [0.2, 0.25) is 5.91 Å². The summed E-state index contributed by atoms with van der Waals surface area (Å²) in [4.78, 5) is 56.4. The molecule has 1 N–H and O–H groups in total. The van der Waals surface area contributed by atoms with E-state index in [1.165, 1.54) is 24.3 Å². The number of carbonyl (C=O) groups excluding carboxylic acids is 3. The molecule has 0 aromatic heterocycles. The van der Waals surface area contributed by atoms with E-state index >= 15 is 0 Å². The fourth-order valence-corrected chi connectivity index (χ4v) is 6.98. The standard InChI is InChI=1S/C34H25N3O5/c1-20-10-12-23(13-11-20)31(39)29-28(30(38)22-14-16-24(17-15-22)37(41)42)34(26-8-4-5-9-27(26)35-33(34)40)32-25-7-3-2-6-21(25)18-19-36(29)32/h2-19,28-29,32H,1H3,(H,35,40)/t28-,29-,32-,34+/m1/s1. The molecule has 1 fully saturated rings. The van der Waals surface area contributed by atoms with Gasteiger partial charge in [-0.3, -0.25) is 24.5 Å². The summed E-state index contributed by atoms with van der Waals surface area (Å²) in [6.07, 6.45) is 3.73. The third kappa shape index (κ3) is 3.51. The molecule has 3 aliphatic rings. The van der Waals surface area contributed by atoms with Crippen LogP contribution in [0.2, 0.25) is 0 Å². The van der Waals surface area contributed by atoms with Gasteiger partial charge in [-0.2, -0.15) is 0 Å². The molecule has 3 heterocycles. The second-order valence-corrected chi connectivity index (χ2v) is 11.0. The number of anilines is 1. The number of nitro benzene ring substituents is 1. The van der Waals surface area contributed by atoms with Crippen molar-refractivity contribution in [2.45, 2.75) is 24.4 Å². The van der Waals surface area contributed by atoms with Crippen LogP contribution in [0.25, 0.3) is 6.08 Å². The van der Waals surface area contributed by atoms with Crippen LogP contribution in [0.1, 0.15) is 49.0 Å². The molecule has 0 unspecified atom stereocenters. The summed E-state index contributed by atoms with van der Waals surface area (Å²) in [5, 5.41) is 14.4. The Bertz CT molecular complexity index is 1830. The van der Waals surface area contributed by atoms with Crippen LogP contribution >= 0.6 is 0 Å². The Morgan fingerprint density at radius 1 is 0.857 bits per heavy atom. The highest BCUT2D eigenvalue weighted by Gasteiger charge is 2.70. The van der Waals surface area contributed by atoms with Crippen LogP contribution in [0.15, 0.2) is 103 Å². The summed E-state index contributed by atoms with van der Waals surface area (Å²) in [6.45, 7) is 1.93. The summed E-state index contributed by atoms with van der Waals surface area (Å²) >= 11 is 0. The van der Waals surface area contributed by atoms with E-state index in [1.807, 2.05) is 78.7 Å². The molecule has 4 atom stereocenters. The zero-order chi connectivity index (χ0) is 29.2. The van der Waals surface area contributed by atoms with E-state index in [0.717, 1.165) is 16.7 Å². The average molecular weight is 556 g/mol. The van der Waals surface area contributed by atoms with Crippen molar-refractivity contribution in [1.29, 1.82) is 0 Å². The van der Waals surface area contributed by atoms with Crippen LogP contribution in [-0.4, -0.2) is 33.3 Å². The van der Waals surface area contributed by atoms with E-state index in [4.69, 9.17) is 0 Å². The molecule has 0 radical (unpaired) electrons. The molecule has 8 nitrogen and oxygen atoms in total. The quantitative estimate of drug-likeness (QED) is 0.187. The minimum Gasteiger partial charge on any atom is -0.358 e. The van der Waals surface area contributed by atoms with E-state index < -0.39 is 34.1 Å². The van der Waals surface area contributed by atoms with Crippen molar-refractivity contribution in [2.75, 3.05) is 5.32 Å². The first-order chi connectivity index (χ1) is 20.3. The van der Waals surface area contributed by atoms with Crippen molar-refractivity contribution in [1.82, 2.24) is 4.90 Å². The largest absolute Gasteiger partial charge is 0.358 e. The Balaban J connectivity index is 1.51. The van der Waals surface area contributed by atoms with E-state index in [-0.39, 0.29) is 22.9 Å². The van der Waals surface area contributed by atoms with Crippen LogP contribution in [0.3, 0.4) is 0 Å². The minimum atomic E-state index is -1.46. The highest BCUT2D eigenvalue weighted by atomic mass is 16.6. The van der Waals surface area contributed by atoms with E-state index in [2.05, 4.69) is 5.32 Å². The lowest BCUT2D eigenvalue weighted by Crippen LogP contribution is -2.49. The predicted octanol–water partition coefficient (Wildman–Crippen LogP) is 5.88. The van der Waals surface area contributed by atoms with E-state index in [9.17, 15) is 24.5 Å². The number of aryl methyl sites for hydroxylation is 1. The number of Topliss-reactive ketones (excluding diaryl/α,β-unsaturated/α-hetero) is 2. The number of hydrogen-bond acceptors (Lipinski definition) is 6. The molecule has 42 heavy (non-hydrogen) atoms. The molecule has 0 bridgehead atoms. The monoisotopic (exact) mass is 555 g/mol. The number of fused-ring (bicyclic) bond motifs is 6. The maximum absolute atomic E-state index is 14.7. The highest BCUT2D eigenvalue weighted by Crippen LogP contribution is 2.62. The minimum absolute atomic E-state index is 0.154. The number of hydrogen-bond donors (Lipinski definition) is 1. The van der Waals surface area contributed by atoms with Crippen LogP contribution in [-0.2, 0) is 10.2 Å². The molecule has 206 valence electrons. The van der Waals surface area contributed by atoms with Crippen molar-refractivity contribution in [3.63, 3.8) is 0 Å². The number of non-ortho nitro benzene ring substituents is 1. The molecular weight excluding hydrogens is 530 g/mol. The first kappa shape index (κ1) is 25.6. The predicted molar refractivity (Wildman–Crippen MR) is 157 cm³/mol. The Hall–Kier alpha value is -5.37. The zero-order valence-electron chi connectivity index (χ0n) is 22.6. The maximum atomic E-state index is 14.7. The van der Waals surface area contributed by atoms with Crippen LogP contribution in [0.5, 0.6) is 0 Å². The molecule has 1 amide bonds. The van der Waals surface area contributed by atoms with Crippen molar-refractivity contribution in [3.8, 4) is 0 Å². The van der Waals surface area contributed by atoms with Crippen LogP contribution in [0, 0.1) is 23.0 Å². The highest BCUT2D eigenvalue weighted by molar-refractivity contribution is 6.16. The zero-order valence-corrected chi connectivity index (χ0v) is 22.6. The molecule has 0 saturated carbocycles. The molecule has 8 heteroatoms. The van der Waals surface area contributed by atoms with Crippen molar-refractivity contribution in [2.24, 2.45) is 5.92 Å². The van der Waals surface area contributed by atoms with Gasteiger partial charge in [0, 0.05) is 35.1 Å². The Kier molecular flexibility index (Phi) is 5.69. The summed E-state index contributed by atoms with van der Waals surface area (Å²) in [7, 11) is 0. The van der Waals surface area contributed by atoms with Gasteiger partial charge in [-0.1, -0.05) is 72.3 Å². The lowest BCUT2D eigenvalue weighted by Gasteiger charge is -2.38. The van der Waals surface area contributed by atoms with Gasteiger partial charge in [0.1, 0.15) is 11.5 Å². The number of nitrogens with zero attached hydrogens (tertiary/aromatic N) is 2. The summed E-state index contributed by atoms with van der Waals surface area (Å²) in [5.41, 5.74) is 2.99. The molecule has 0 aliphatic carbocycles. The fraction of sp³-hybridized carbons (Fsp3) is 0.147. The lowest BCUT2D eigenvalue weighted by molar-refractivity contribution is -0.384. The number of amides is 1. The smallest absolute Gasteiger partial charge is 0.269 e. The third-order valence-electron chi connectivity index (χ3n) is 8.82. The van der Waals surface area contributed by atoms with Crippen LogP contribution < -0.4 is 5.32 Å². The Labute approximate surface area is 241 Å². The number of ketones is 2. The Morgan fingerprint density at radius 2 is 1.50 bits per heavy atom. The number of carbonyl (C=O) groups is 3. The molecule has 1 saturated heterocycles. The van der Waals surface area contributed by atoms with Crippen molar-refractivity contribution < 1.29 is 19.3 Å². The second-order valence-electron chi connectivity index (χ2n) is 11.0. The fourth-order valence-electron chi connectivity index (χ4n) is 6.98. The van der Waals surface area contributed by atoms with Gasteiger partial charge in [-0.05, 0) is 47.9 Å². The third-order valence-corrected chi connectivity index (χ3v) is 8.82. The van der Waals surface area contributed by atoms with E-state index in [1.54, 1.807) is 18.2 Å². The number of rotatable bonds is 5. The van der Waals surface area contributed by atoms with Crippen molar-refractivity contribution >= 4 is 34.9 Å². The van der Waals surface area contributed by atoms with Crippen molar-refractivity contribution in [3.05, 3.63) is 147 Å². The normalized spacial score (nSPS) is 23.2. The number of para-hydroxylation sites is 1. The lowest BCUT2D eigenvalue weighted by atomic mass is 9.62. The summed E-state index contributed by atoms with van der Waals surface area (Å²) in [6, 6.07) is 25.9. The maximum Gasteiger partial charge on any atom is 0.269 e. The molecular formula is C34H25N3O5. The summed E-state index contributed by atoms with van der Waals surface area (Å²) in [5.74, 6) is -2.21. The number of nitrogens with one attached hydrogen (secondary N) is 1. The number of nitro groups is 1. The molecule has 3 aliphatic heterocycles. The molecule has 1 spiro atoms. The van der Waals surface area contributed by atoms with Gasteiger partial charge in [-0.25, -0.2) is 0 Å². The van der Waals surface area contributed by atoms with Gasteiger partial charge < -0.3 is 10.2 Å². The van der Waals surface area contributed by atoms with Gasteiger partial charge in [0.15, 0.2) is 11.6 Å². The van der Waals surface area contributed by atoms with Gasteiger partial charge in [0.25, 0.3) is 5.69 Å². The van der Waals surface area contributed by atoms with Gasteiger partial charge in [0.05, 0.1) is 16.9 Å². The van der Waals surface area contributed by atoms with Gasteiger partial charge in [-0.15, -0.1) is 0 Å². The number of benzene rings is 4. The topological polar surface area (TPSA) is 110 Å². The molecule has 4 aromatic rings. The summed E-state index contributed by atoms with van der Waals surface area (Å²) < 4.78 is 0. The molecule has 4 aromatic carbocycles. The SMILES string of the molecule is Cc1ccc(C(=O)[C@H]2[C@H](C(=O)c3ccc([N+](=O)[O-])cc3)[C@]3(C(=O)Nc4ccccc43)[C@H]3c4ccccc4C=CN23)cc1. The second kappa shape index (κ2) is 9.34. The molecule has 7 rings (SSSR count). The Morgan fingerprint density at radius 3 is 2.24 bits per heavy atom. The first-order valence-electron chi connectivity index (χ1n) is 13.7. The first-order valence-corrected chi connectivity index (χ1v) is 13.7. The van der Waals surface area contributed by atoms with Gasteiger partial charge >= 0.3 is 0 Å². The van der Waals surface area contributed by atoms with Crippen LogP contribution in [0.4, 0.5) is 11.4 Å². The average Bonchev–Trinajstić information content (AvgIpc) is 3.49. The van der Waals surface area contributed by atoms with E-state index in [0.29, 0.717) is 16.8 Å².